The van der Waals surface area contributed by atoms with Crippen LogP contribution in [0.3, 0.4) is 0 Å². The molecule has 2 aromatic carbocycles. The van der Waals surface area contributed by atoms with Gasteiger partial charge in [-0.15, -0.1) is 0 Å². The molecule has 0 aliphatic carbocycles. The van der Waals surface area contributed by atoms with Crippen LogP contribution < -0.4 is 5.32 Å². The number of benzene rings is 2. The summed E-state index contributed by atoms with van der Waals surface area (Å²) in [4.78, 5) is 26.5. The number of nitrogens with zero attached hydrogens (tertiary/aromatic N) is 1. The zero-order valence-corrected chi connectivity index (χ0v) is 14.9. The van der Waals surface area contributed by atoms with E-state index in [-0.39, 0.29) is 17.2 Å². The molecule has 0 spiro atoms. The lowest BCUT2D eigenvalue weighted by molar-refractivity contribution is 0.0755. The number of hydrogen-bond donors (Lipinski definition) is 1. The number of hydrogen-bond acceptors (Lipinski definition) is 2. The first-order valence-corrected chi connectivity index (χ1v) is 8.62. The van der Waals surface area contributed by atoms with Crippen LogP contribution in [0.25, 0.3) is 0 Å². The second kappa shape index (κ2) is 9.08. The number of anilines is 1. The van der Waals surface area contributed by atoms with Crippen molar-refractivity contribution < 1.29 is 18.4 Å². The summed E-state index contributed by atoms with van der Waals surface area (Å²) in [5, 5.41) is 2.39. The Bertz CT molecular complexity index is 770. The highest BCUT2D eigenvalue weighted by Crippen LogP contribution is 2.17. The van der Waals surface area contributed by atoms with Crippen molar-refractivity contribution in [3.05, 3.63) is 65.2 Å². The van der Waals surface area contributed by atoms with Crippen molar-refractivity contribution in [2.75, 3.05) is 18.4 Å². The molecule has 6 heteroatoms. The molecule has 138 valence electrons. The summed E-state index contributed by atoms with van der Waals surface area (Å²) in [5.74, 6) is -2.18. The van der Waals surface area contributed by atoms with Crippen LogP contribution in [0.1, 0.15) is 47.4 Å². The summed E-state index contributed by atoms with van der Waals surface area (Å²) in [6.07, 6.45) is 1.74. The standard InChI is InChI=1S/C20H22F2N2O2/c1-3-11-24(12-4-2)20(26)15-7-5-14(6-8-15)19(25)23-18-10-9-16(21)13-17(18)22/h5-10,13H,3-4,11-12H2,1-2H3,(H,23,25). The lowest BCUT2D eigenvalue weighted by Crippen LogP contribution is -2.32. The number of rotatable bonds is 7. The number of halogens is 2. The Balaban J connectivity index is 2.10. The summed E-state index contributed by atoms with van der Waals surface area (Å²) in [5.41, 5.74) is 0.674. The molecule has 0 aliphatic rings. The fourth-order valence-corrected chi connectivity index (χ4v) is 2.59. The smallest absolute Gasteiger partial charge is 0.255 e. The number of nitrogens with one attached hydrogen (secondary N) is 1. The Morgan fingerprint density at radius 2 is 1.50 bits per heavy atom. The first-order valence-electron chi connectivity index (χ1n) is 8.62. The van der Waals surface area contributed by atoms with Crippen LogP contribution in [0, 0.1) is 11.6 Å². The second-order valence-electron chi connectivity index (χ2n) is 5.95. The molecule has 2 amide bonds. The van der Waals surface area contributed by atoms with Crippen LogP contribution in [0.4, 0.5) is 14.5 Å². The van der Waals surface area contributed by atoms with E-state index in [1.54, 1.807) is 17.0 Å². The molecule has 0 heterocycles. The van der Waals surface area contributed by atoms with Gasteiger partial charge < -0.3 is 10.2 Å². The molecule has 0 atom stereocenters. The van der Waals surface area contributed by atoms with E-state index < -0.39 is 17.5 Å². The SMILES string of the molecule is CCCN(CCC)C(=O)c1ccc(C(=O)Nc2ccc(F)cc2F)cc1. The van der Waals surface area contributed by atoms with Gasteiger partial charge in [0.15, 0.2) is 0 Å². The van der Waals surface area contributed by atoms with E-state index in [1.807, 2.05) is 13.8 Å². The third kappa shape index (κ3) is 4.88. The molecule has 0 bridgehead atoms. The van der Waals surface area contributed by atoms with Crippen LogP contribution in [-0.4, -0.2) is 29.8 Å². The summed E-state index contributed by atoms with van der Waals surface area (Å²) < 4.78 is 26.5. The molecule has 1 N–H and O–H groups in total. The number of amides is 2. The molecule has 4 nitrogen and oxygen atoms in total. The van der Waals surface area contributed by atoms with Gasteiger partial charge in [0.05, 0.1) is 5.69 Å². The van der Waals surface area contributed by atoms with Crippen LogP contribution in [0.5, 0.6) is 0 Å². The number of carbonyl (C=O) groups excluding carboxylic acids is 2. The molecule has 0 radical (unpaired) electrons. The van der Waals surface area contributed by atoms with Crippen LogP contribution in [-0.2, 0) is 0 Å². The minimum absolute atomic E-state index is 0.0785. The van der Waals surface area contributed by atoms with E-state index in [9.17, 15) is 18.4 Å². The van der Waals surface area contributed by atoms with E-state index in [1.165, 1.54) is 12.1 Å². The second-order valence-corrected chi connectivity index (χ2v) is 5.95. The Morgan fingerprint density at radius 3 is 2.04 bits per heavy atom. The maximum Gasteiger partial charge on any atom is 0.255 e. The van der Waals surface area contributed by atoms with Gasteiger partial charge in [0.25, 0.3) is 11.8 Å². The van der Waals surface area contributed by atoms with E-state index in [2.05, 4.69) is 5.32 Å². The van der Waals surface area contributed by atoms with Gasteiger partial charge in [-0.05, 0) is 49.2 Å². The van der Waals surface area contributed by atoms with Crippen LogP contribution in [0.2, 0.25) is 0 Å². The van der Waals surface area contributed by atoms with Gasteiger partial charge in [-0.2, -0.15) is 0 Å². The van der Waals surface area contributed by atoms with Gasteiger partial charge in [0.2, 0.25) is 0 Å². The summed E-state index contributed by atoms with van der Waals surface area (Å²) in [7, 11) is 0. The topological polar surface area (TPSA) is 49.4 Å². The Hall–Kier alpha value is -2.76. The lowest BCUT2D eigenvalue weighted by Gasteiger charge is -2.21. The van der Waals surface area contributed by atoms with Crippen molar-refractivity contribution in [1.29, 1.82) is 0 Å². The van der Waals surface area contributed by atoms with Crippen molar-refractivity contribution in [2.45, 2.75) is 26.7 Å². The van der Waals surface area contributed by atoms with Crippen LogP contribution in [0.15, 0.2) is 42.5 Å². The van der Waals surface area contributed by atoms with Crippen molar-refractivity contribution in [1.82, 2.24) is 4.90 Å². The van der Waals surface area contributed by atoms with Gasteiger partial charge in [-0.3, -0.25) is 9.59 Å². The van der Waals surface area contributed by atoms with Crippen molar-refractivity contribution >= 4 is 17.5 Å². The molecule has 2 aromatic rings. The average Bonchev–Trinajstić information content (AvgIpc) is 2.63. The summed E-state index contributed by atoms with van der Waals surface area (Å²) in [6.45, 7) is 5.38. The first-order chi connectivity index (χ1) is 12.5. The predicted octanol–water partition coefficient (Wildman–Crippen LogP) is 4.48. The minimum atomic E-state index is -0.847. The van der Waals surface area contributed by atoms with Crippen molar-refractivity contribution in [3.63, 3.8) is 0 Å². The average molecular weight is 360 g/mol. The third-order valence-electron chi connectivity index (χ3n) is 3.85. The lowest BCUT2D eigenvalue weighted by atomic mass is 10.1. The first kappa shape index (κ1) is 19.6. The quantitative estimate of drug-likeness (QED) is 0.791. The van der Waals surface area contributed by atoms with E-state index in [0.717, 1.165) is 25.0 Å². The monoisotopic (exact) mass is 360 g/mol. The van der Waals surface area contributed by atoms with Crippen LogP contribution >= 0.6 is 0 Å². The van der Waals surface area contributed by atoms with Gasteiger partial charge >= 0.3 is 0 Å². The minimum Gasteiger partial charge on any atom is -0.339 e. The number of carbonyl (C=O) groups is 2. The molecule has 0 saturated heterocycles. The maximum absolute atomic E-state index is 13.6. The highest BCUT2D eigenvalue weighted by atomic mass is 19.1. The van der Waals surface area contributed by atoms with E-state index >= 15 is 0 Å². The molecule has 2 rings (SSSR count). The van der Waals surface area contributed by atoms with E-state index in [0.29, 0.717) is 24.7 Å². The highest BCUT2D eigenvalue weighted by molar-refractivity contribution is 6.05. The molecular weight excluding hydrogens is 338 g/mol. The Labute approximate surface area is 151 Å². The largest absolute Gasteiger partial charge is 0.339 e. The molecule has 0 fully saturated rings. The molecule has 0 saturated carbocycles. The zero-order chi connectivity index (χ0) is 19.1. The Morgan fingerprint density at radius 1 is 0.923 bits per heavy atom. The van der Waals surface area contributed by atoms with Crippen molar-refractivity contribution in [2.24, 2.45) is 0 Å². The van der Waals surface area contributed by atoms with Crippen molar-refractivity contribution in [3.8, 4) is 0 Å². The third-order valence-corrected chi connectivity index (χ3v) is 3.85. The highest BCUT2D eigenvalue weighted by Gasteiger charge is 2.15. The van der Waals surface area contributed by atoms with Gasteiger partial charge in [-0.1, -0.05) is 13.8 Å². The fraction of sp³-hybridized carbons (Fsp3) is 0.300. The van der Waals surface area contributed by atoms with Gasteiger partial charge in [0.1, 0.15) is 11.6 Å². The molecular formula is C20H22F2N2O2. The molecule has 0 aromatic heterocycles. The molecule has 0 aliphatic heterocycles. The summed E-state index contributed by atoms with van der Waals surface area (Å²) in [6, 6.07) is 9.12. The predicted molar refractivity (Wildman–Crippen MR) is 97.2 cm³/mol. The van der Waals surface area contributed by atoms with Gasteiger partial charge in [0, 0.05) is 30.3 Å². The zero-order valence-electron chi connectivity index (χ0n) is 14.9. The van der Waals surface area contributed by atoms with Gasteiger partial charge in [-0.25, -0.2) is 8.78 Å². The molecule has 0 unspecified atom stereocenters. The summed E-state index contributed by atoms with van der Waals surface area (Å²) >= 11 is 0. The van der Waals surface area contributed by atoms with E-state index in [4.69, 9.17) is 0 Å². The molecule has 26 heavy (non-hydrogen) atoms. The fourth-order valence-electron chi connectivity index (χ4n) is 2.59. The normalized spacial score (nSPS) is 10.5. The maximum atomic E-state index is 13.6. The Kier molecular flexibility index (Phi) is 6.83.